The third kappa shape index (κ3) is 3.98. The average molecular weight is 254 g/mol. The van der Waals surface area contributed by atoms with Crippen LogP contribution >= 0.6 is 0 Å². The highest BCUT2D eigenvalue weighted by Gasteiger charge is 2.37. The number of piperidine rings is 1. The molecule has 1 fully saturated rings. The highest BCUT2D eigenvalue weighted by molar-refractivity contribution is 5.82. The Morgan fingerprint density at radius 1 is 1.39 bits per heavy atom. The maximum absolute atomic E-state index is 12.4. The van der Waals surface area contributed by atoms with E-state index in [1.54, 1.807) is 0 Å². The molecule has 0 bridgehead atoms. The smallest absolute Gasteiger partial charge is 0.225 e. The van der Waals surface area contributed by atoms with Gasteiger partial charge in [-0.15, -0.1) is 0 Å². The van der Waals surface area contributed by atoms with Crippen LogP contribution in [0.5, 0.6) is 0 Å². The SMILES string of the molecule is CCC(CC)CNC(=O)C(C)(C)C1CCCNC1. The molecule has 1 amide bonds. The molecule has 0 saturated carbocycles. The lowest BCUT2D eigenvalue weighted by Gasteiger charge is -2.36. The highest BCUT2D eigenvalue weighted by Crippen LogP contribution is 2.31. The van der Waals surface area contributed by atoms with Crippen molar-refractivity contribution < 1.29 is 4.79 Å². The summed E-state index contributed by atoms with van der Waals surface area (Å²) in [4.78, 5) is 12.4. The molecule has 1 aliphatic heterocycles. The second-order valence-corrected chi connectivity index (χ2v) is 6.16. The molecule has 0 aromatic heterocycles. The van der Waals surface area contributed by atoms with Crippen molar-refractivity contribution in [3.63, 3.8) is 0 Å². The van der Waals surface area contributed by atoms with Crippen molar-refractivity contribution in [2.24, 2.45) is 17.3 Å². The highest BCUT2D eigenvalue weighted by atomic mass is 16.2. The van der Waals surface area contributed by atoms with Gasteiger partial charge >= 0.3 is 0 Å². The quantitative estimate of drug-likeness (QED) is 0.765. The Hall–Kier alpha value is -0.570. The van der Waals surface area contributed by atoms with Crippen LogP contribution in [0.4, 0.5) is 0 Å². The number of rotatable bonds is 6. The molecule has 0 aliphatic carbocycles. The van der Waals surface area contributed by atoms with Crippen LogP contribution in [0.2, 0.25) is 0 Å². The minimum atomic E-state index is -0.251. The first-order chi connectivity index (χ1) is 8.52. The largest absolute Gasteiger partial charge is 0.355 e. The van der Waals surface area contributed by atoms with Crippen molar-refractivity contribution in [3.8, 4) is 0 Å². The van der Waals surface area contributed by atoms with Gasteiger partial charge in [0.1, 0.15) is 0 Å². The van der Waals surface area contributed by atoms with E-state index in [2.05, 4.69) is 38.3 Å². The molecule has 0 spiro atoms. The van der Waals surface area contributed by atoms with Crippen LogP contribution in [0, 0.1) is 17.3 Å². The topological polar surface area (TPSA) is 41.1 Å². The minimum Gasteiger partial charge on any atom is -0.355 e. The molecule has 1 unspecified atom stereocenters. The van der Waals surface area contributed by atoms with Gasteiger partial charge in [0, 0.05) is 12.0 Å². The first kappa shape index (κ1) is 15.5. The summed E-state index contributed by atoms with van der Waals surface area (Å²) >= 11 is 0. The van der Waals surface area contributed by atoms with Gasteiger partial charge in [-0.25, -0.2) is 0 Å². The van der Waals surface area contributed by atoms with Crippen LogP contribution in [0.3, 0.4) is 0 Å². The zero-order valence-corrected chi connectivity index (χ0v) is 12.5. The van der Waals surface area contributed by atoms with E-state index in [9.17, 15) is 4.79 Å². The van der Waals surface area contributed by atoms with Crippen molar-refractivity contribution in [2.75, 3.05) is 19.6 Å². The Morgan fingerprint density at radius 2 is 2.06 bits per heavy atom. The summed E-state index contributed by atoms with van der Waals surface area (Å²) in [5, 5.41) is 6.56. The van der Waals surface area contributed by atoms with E-state index in [1.165, 1.54) is 12.8 Å². The fraction of sp³-hybridized carbons (Fsp3) is 0.933. The predicted octanol–water partition coefficient (Wildman–Crippen LogP) is 2.56. The predicted molar refractivity (Wildman–Crippen MR) is 76.5 cm³/mol. The molecule has 18 heavy (non-hydrogen) atoms. The van der Waals surface area contributed by atoms with E-state index < -0.39 is 0 Å². The first-order valence-corrected chi connectivity index (χ1v) is 7.51. The number of amides is 1. The van der Waals surface area contributed by atoms with Crippen molar-refractivity contribution in [2.45, 2.75) is 53.4 Å². The standard InChI is InChI=1S/C15H30N2O/c1-5-12(6-2)10-17-14(18)15(3,4)13-8-7-9-16-11-13/h12-13,16H,5-11H2,1-4H3,(H,17,18). The molecule has 2 N–H and O–H groups in total. The fourth-order valence-corrected chi connectivity index (χ4v) is 2.70. The Morgan fingerprint density at radius 3 is 2.56 bits per heavy atom. The lowest BCUT2D eigenvalue weighted by Crippen LogP contribution is -2.48. The molecular weight excluding hydrogens is 224 g/mol. The van der Waals surface area contributed by atoms with Crippen LogP contribution in [0.25, 0.3) is 0 Å². The number of nitrogens with one attached hydrogen (secondary N) is 2. The summed E-state index contributed by atoms with van der Waals surface area (Å²) in [5.74, 6) is 1.31. The summed E-state index contributed by atoms with van der Waals surface area (Å²) in [5.41, 5.74) is -0.251. The number of carbonyl (C=O) groups excluding carboxylic acids is 1. The maximum Gasteiger partial charge on any atom is 0.225 e. The van der Waals surface area contributed by atoms with Crippen molar-refractivity contribution in [3.05, 3.63) is 0 Å². The molecular formula is C15H30N2O. The number of carbonyl (C=O) groups is 1. The third-order valence-corrected chi connectivity index (χ3v) is 4.61. The summed E-state index contributed by atoms with van der Waals surface area (Å²) in [6.45, 7) is 11.5. The van der Waals surface area contributed by atoms with Crippen molar-refractivity contribution >= 4 is 5.91 Å². The Labute approximate surface area is 112 Å². The van der Waals surface area contributed by atoms with Crippen molar-refractivity contribution in [1.29, 1.82) is 0 Å². The molecule has 1 atom stereocenters. The Kier molecular flexibility index (Phi) is 6.13. The second-order valence-electron chi connectivity index (χ2n) is 6.16. The van der Waals surface area contributed by atoms with E-state index in [1.807, 2.05) is 0 Å². The van der Waals surface area contributed by atoms with Gasteiger partial charge in [-0.05, 0) is 37.8 Å². The van der Waals surface area contributed by atoms with Gasteiger partial charge in [0.2, 0.25) is 5.91 Å². The lowest BCUT2D eigenvalue weighted by atomic mass is 9.74. The number of hydrogen-bond acceptors (Lipinski definition) is 2. The van der Waals surface area contributed by atoms with Gasteiger partial charge < -0.3 is 10.6 Å². The summed E-state index contributed by atoms with van der Waals surface area (Å²) in [6.07, 6.45) is 4.64. The zero-order valence-electron chi connectivity index (χ0n) is 12.5. The maximum atomic E-state index is 12.4. The molecule has 1 rings (SSSR count). The monoisotopic (exact) mass is 254 g/mol. The van der Waals surface area contributed by atoms with E-state index >= 15 is 0 Å². The molecule has 1 heterocycles. The van der Waals surface area contributed by atoms with Crippen LogP contribution in [-0.4, -0.2) is 25.5 Å². The normalized spacial score (nSPS) is 21.1. The molecule has 0 radical (unpaired) electrons. The summed E-state index contributed by atoms with van der Waals surface area (Å²) < 4.78 is 0. The van der Waals surface area contributed by atoms with Gasteiger partial charge in [-0.1, -0.05) is 40.5 Å². The van der Waals surface area contributed by atoms with Gasteiger partial charge in [0.25, 0.3) is 0 Å². The van der Waals surface area contributed by atoms with E-state index in [0.29, 0.717) is 11.8 Å². The summed E-state index contributed by atoms with van der Waals surface area (Å²) in [7, 11) is 0. The fourth-order valence-electron chi connectivity index (χ4n) is 2.70. The number of hydrogen-bond donors (Lipinski definition) is 2. The van der Waals surface area contributed by atoms with Gasteiger partial charge in [-0.2, -0.15) is 0 Å². The molecule has 0 aromatic rings. The molecule has 0 aromatic carbocycles. The average Bonchev–Trinajstić information content (AvgIpc) is 2.40. The molecule has 3 heteroatoms. The lowest BCUT2D eigenvalue weighted by molar-refractivity contribution is -0.132. The van der Waals surface area contributed by atoms with Crippen LogP contribution < -0.4 is 10.6 Å². The van der Waals surface area contributed by atoms with Crippen molar-refractivity contribution in [1.82, 2.24) is 10.6 Å². The van der Waals surface area contributed by atoms with E-state index in [4.69, 9.17) is 0 Å². The first-order valence-electron chi connectivity index (χ1n) is 7.51. The Bertz CT molecular complexity index is 253. The van der Waals surface area contributed by atoms with Gasteiger partial charge in [0.05, 0.1) is 0 Å². The summed E-state index contributed by atoms with van der Waals surface area (Å²) in [6, 6.07) is 0. The zero-order chi connectivity index (χ0) is 13.6. The molecule has 3 nitrogen and oxygen atoms in total. The molecule has 1 aliphatic rings. The third-order valence-electron chi connectivity index (χ3n) is 4.61. The molecule has 1 saturated heterocycles. The van der Waals surface area contributed by atoms with Gasteiger partial charge in [-0.3, -0.25) is 4.79 Å². The van der Waals surface area contributed by atoms with Crippen LogP contribution in [0.1, 0.15) is 53.4 Å². The van der Waals surface area contributed by atoms with Crippen LogP contribution in [0.15, 0.2) is 0 Å². The van der Waals surface area contributed by atoms with Crippen LogP contribution in [-0.2, 0) is 4.79 Å². The minimum absolute atomic E-state index is 0.225. The van der Waals surface area contributed by atoms with E-state index in [0.717, 1.165) is 32.5 Å². The Balaban J connectivity index is 2.47. The van der Waals surface area contributed by atoms with Gasteiger partial charge in [0.15, 0.2) is 0 Å². The molecule has 106 valence electrons. The second kappa shape index (κ2) is 7.13. The van der Waals surface area contributed by atoms with E-state index in [-0.39, 0.29) is 11.3 Å².